The lowest BCUT2D eigenvalue weighted by Gasteiger charge is -2.30. The Labute approximate surface area is 316 Å². The van der Waals surface area contributed by atoms with Crippen molar-refractivity contribution in [3.8, 4) is 11.1 Å². The Morgan fingerprint density at radius 2 is 1.50 bits per heavy atom. The third kappa shape index (κ3) is 4.65. The molecule has 0 atom stereocenters. The smallest absolute Gasteiger partial charge is 0.227 e. The number of benzene rings is 4. The standard InChI is InChI=1S/C50H41N3O/c1-50(2)43-16-6-5-12-41(43)46-44(50)17-8-18-45(46)53(34-23-19-31(20-24-34)36-27-29-51-47-37-11-4-3-10-33(37)30-42(36)47)35-25-21-32(22-26-35)38-13-7-14-39-40-15-9-28-52-49(40)54-48(38)39/h3,5,7-10,12-15,17-28,51H,4,6,11,16,29-30H2,1-2H3. The molecule has 5 aliphatic rings. The third-order valence-corrected chi connectivity index (χ3v) is 12.4. The first-order valence-electron chi connectivity index (χ1n) is 19.4. The van der Waals surface area contributed by atoms with E-state index in [4.69, 9.17) is 4.42 Å². The molecular formula is C50H41N3O. The molecule has 0 unspecified atom stereocenters. The molecule has 0 bridgehead atoms. The summed E-state index contributed by atoms with van der Waals surface area (Å²) in [5.74, 6) is 0. The van der Waals surface area contributed by atoms with Crippen molar-refractivity contribution in [1.82, 2.24) is 10.3 Å². The summed E-state index contributed by atoms with van der Waals surface area (Å²) in [5.41, 5.74) is 21.4. The lowest BCUT2D eigenvalue weighted by Crippen LogP contribution is -2.20. The summed E-state index contributed by atoms with van der Waals surface area (Å²) in [6, 6.07) is 35.7. The van der Waals surface area contributed by atoms with E-state index in [1.165, 1.54) is 55.9 Å². The minimum Gasteiger partial charge on any atom is -0.437 e. The van der Waals surface area contributed by atoms with E-state index in [-0.39, 0.29) is 5.41 Å². The summed E-state index contributed by atoms with van der Waals surface area (Å²) in [6.07, 6.45) is 19.0. The van der Waals surface area contributed by atoms with Gasteiger partial charge in [0.2, 0.25) is 5.71 Å². The first-order valence-corrected chi connectivity index (χ1v) is 19.4. The molecule has 4 heteroatoms. The van der Waals surface area contributed by atoms with Gasteiger partial charge in [-0.25, -0.2) is 4.98 Å². The van der Waals surface area contributed by atoms with E-state index >= 15 is 0 Å². The molecule has 0 saturated heterocycles. The second-order valence-corrected chi connectivity index (χ2v) is 15.7. The van der Waals surface area contributed by atoms with E-state index in [2.05, 4.69) is 150 Å². The minimum atomic E-state index is -0.0124. The van der Waals surface area contributed by atoms with Crippen molar-refractivity contribution in [3.63, 3.8) is 0 Å². The zero-order valence-corrected chi connectivity index (χ0v) is 30.7. The van der Waals surface area contributed by atoms with Crippen LogP contribution >= 0.6 is 0 Å². The highest BCUT2D eigenvalue weighted by Crippen LogP contribution is 2.55. The van der Waals surface area contributed by atoms with Gasteiger partial charge in [-0.1, -0.05) is 104 Å². The molecule has 2 aromatic heterocycles. The highest BCUT2D eigenvalue weighted by atomic mass is 16.3. The van der Waals surface area contributed by atoms with Crippen molar-refractivity contribution in [2.75, 3.05) is 11.4 Å². The topological polar surface area (TPSA) is 41.3 Å². The van der Waals surface area contributed by atoms with Gasteiger partial charge in [-0.2, -0.15) is 0 Å². The van der Waals surface area contributed by atoms with Crippen LogP contribution in [0.1, 0.15) is 62.6 Å². The van der Waals surface area contributed by atoms with Crippen LogP contribution in [0.5, 0.6) is 0 Å². The molecule has 4 aromatic carbocycles. The van der Waals surface area contributed by atoms with Gasteiger partial charge in [0.05, 0.1) is 5.69 Å². The summed E-state index contributed by atoms with van der Waals surface area (Å²) >= 11 is 0. The average molecular weight is 700 g/mol. The number of dihydropyridines is 1. The fourth-order valence-electron chi connectivity index (χ4n) is 9.85. The predicted octanol–water partition coefficient (Wildman–Crippen LogP) is 12.8. The number of furan rings is 1. The number of rotatable bonds is 5. The van der Waals surface area contributed by atoms with E-state index < -0.39 is 0 Å². The molecule has 262 valence electrons. The lowest BCUT2D eigenvalue weighted by molar-refractivity contribution is 0.607. The highest BCUT2D eigenvalue weighted by Gasteiger charge is 2.39. The maximum absolute atomic E-state index is 6.34. The van der Waals surface area contributed by atoms with Gasteiger partial charge < -0.3 is 14.6 Å². The van der Waals surface area contributed by atoms with Gasteiger partial charge in [0.25, 0.3) is 0 Å². The average Bonchev–Trinajstić information content (AvgIpc) is 3.87. The molecule has 1 aliphatic heterocycles. The second kappa shape index (κ2) is 11.9. The number of nitrogens with zero attached hydrogens (tertiary/aromatic N) is 2. The fourth-order valence-corrected chi connectivity index (χ4v) is 9.85. The second-order valence-electron chi connectivity index (χ2n) is 15.7. The largest absolute Gasteiger partial charge is 0.437 e. The number of hydrogen-bond acceptors (Lipinski definition) is 4. The van der Waals surface area contributed by atoms with Crippen LogP contribution in [0.4, 0.5) is 17.1 Å². The highest BCUT2D eigenvalue weighted by molar-refractivity contribution is 6.08. The van der Waals surface area contributed by atoms with Crippen LogP contribution < -0.4 is 10.2 Å². The number of nitrogens with one attached hydrogen (secondary N) is 1. The Kier molecular flexibility index (Phi) is 6.94. The monoisotopic (exact) mass is 699 g/mol. The van der Waals surface area contributed by atoms with Gasteiger partial charge in [-0.15, -0.1) is 0 Å². The molecular weight excluding hydrogens is 659 g/mol. The van der Waals surface area contributed by atoms with Crippen molar-refractivity contribution < 1.29 is 4.42 Å². The molecule has 0 radical (unpaired) electrons. The van der Waals surface area contributed by atoms with E-state index in [9.17, 15) is 0 Å². The Morgan fingerprint density at radius 1 is 0.741 bits per heavy atom. The summed E-state index contributed by atoms with van der Waals surface area (Å²) in [7, 11) is 0. The predicted molar refractivity (Wildman–Crippen MR) is 223 cm³/mol. The molecule has 11 rings (SSSR count). The van der Waals surface area contributed by atoms with E-state index in [0.717, 1.165) is 77.5 Å². The number of allylic oxidation sites excluding steroid dienone is 10. The number of aromatic nitrogens is 1. The Balaban J connectivity index is 1.03. The Hall–Kier alpha value is -6.13. The molecule has 4 nitrogen and oxygen atoms in total. The minimum absolute atomic E-state index is 0.0124. The van der Waals surface area contributed by atoms with E-state index in [1.54, 1.807) is 11.8 Å². The van der Waals surface area contributed by atoms with Crippen molar-refractivity contribution in [3.05, 3.63) is 178 Å². The molecule has 0 saturated carbocycles. The molecule has 1 N–H and O–H groups in total. The van der Waals surface area contributed by atoms with Crippen molar-refractivity contribution >= 4 is 50.3 Å². The van der Waals surface area contributed by atoms with Gasteiger partial charge in [0.1, 0.15) is 5.58 Å². The summed E-state index contributed by atoms with van der Waals surface area (Å²) < 4.78 is 6.34. The summed E-state index contributed by atoms with van der Waals surface area (Å²) in [5, 5.41) is 5.85. The number of anilines is 3. The van der Waals surface area contributed by atoms with Crippen LogP contribution in [-0.4, -0.2) is 11.5 Å². The maximum atomic E-state index is 6.34. The van der Waals surface area contributed by atoms with E-state index in [1.807, 2.05) is 6.07 Å². The SMILES string of the molecule is CC1(C)C2=C(C=CCC2)c2c(N(c3ccc(C4=CCNC5=C4CC4=C5CCC=C4)cc3)c3ccc(-c4cccc5c4oc4ncccc45)cc3)cccc21. The Bertz CT molecular complexity index is 2740. The zero-order chi connectivity index (χ0) is 36.0. The maximum Gasteiger partial charge on any atom is 0.227 e. The van der Waals surface area contributed by atoms with Crippen molar-refractivity contribution in [1.29, 1.82) is 0 Å². The molecule has 3 heterocycles. The van der Waals surface area contributed by atoms with Crippen molar-refractivity contribution in [2.24, 2.45) is 0 Å². The normalized spacial score (nSPS) is 18.1. The van der Waals surface area contributed by atoms with Crippen LogP contribution in [0, 0.1) is 0 Å². The summed E-state index contributed by atoms with van der Waals surface area (Å²) in [6.45, 7) is 5.67. The van der Waals surface area contributed by atoms with Crippen LogP contribution in [0.15, 0.2) is 166 Å². The number of pyridine rings is 1. The van der Waals surface area contributed by atoms with Crippen LogP contribution in [0.3, 0.4) is 0 Å². The molecule has 54 heavy (non-hydrogen) atoms. The fraction of sp³-hybridized carbons (Fsp3) is 0.180. The van der Waals surface area contributed by atoms with Crippen LogP contribution in [0.25, 0.3) is 44.3 Å². The quantitative estimate of drug-likeness (QED) is 0.194. The van der Waals surface area contributed by atoms with Gasteiger partial charge in [0, 0.05) is 63.5 Å². The molecule has 4 aliphatic carbocycles. The lowest BCUT2D eigenvalue weighted by atomic mass is 9.78. The number of fused-ring (bicyclic) bond motifs is 6. The van der Waals surface area contributed by atoms with Gasteiger partial charge in [0.15, 0.2) is 0 Å². The third-order valence-electron chi connectivity index (χ3n) is 12.4. The van der Waals surface area contributed by atoms with Crippen LogP contribution in [0.2, 0.25) is 0 Å². The van der Waals surface area contributed by atoms with Gasteiger partial charge >= 0.3 is 0 Å². The number of hydrogen-bond donors (Lipinski definition) is 1. The van der Waals surface area contributed by atoms with Gasteiger partial charge in [-0.3, -0.25) is 0 Å². The van der Waals surface area contributed by atoms with Crippen molar-refractivity contribution in [2.45, 2.75) is 51.4 Å². The zero-order valence-electron chi connectivity index (χ0n) is 30.7. The molecule has 0 fully saturated rings. The van der Waals surface area contributed by atoms with Gasteiger partial charge in [-0.05, 0) is 113 Å². The first kappa shape index (κ1) is 31.4. The molecule has 6 aromatic rings. The van der Waals surface area contributed by atoms with Crippen LogP contribution in [-0.2, 0) is 5.41 Å². The Morgan fingerprint density at radius 3 is 2.35 bits per heavy atom. The molecule has 0 amide bonds. The van der Waals surface area contributed by atoms with E-state index in [0.29, 0.717) is 5.71 Å². The first-order chi connectivity index (χ1) is 26.5. The summed E-state index contributed by atoms with van der Waals surface area (Å²) in [4.78, 5) is 6.96. The molecule has 0 spiro atoms. The number of para-hydroxylation sites is 1.